The normalized spacial score (nSPS) is 11.9. The molecule has 0 saturated heterocycles. The van der Waals surface area contributed by atoms with Crippen LogP contribution < -0.4 is 11.1 Å². The quantitative estimate of drug-likeness (QED) is 0.821. The zero-order chi connectivity index (χ0) is 15.9. The van der Waals surface area contributed by atoms with Crippen molar-refractivity contribution in [3.8, 4) is 0 Å². The third-order valence-corrected chi connectivity index (χ3v) is 3.44. The van der Waals surface area contributed by atoms with Crippen molar-refractivity contribution in [2.24, 2.45) is 5.73 Å². The van der Waals surface area contributed by atoms with Crippen LogP contribution in [0.1, 0.15) is 30.3 Å². The number of nitrogens with zero attached hydrogens (tertiary/aromatic N) is 2. The number of anilines is 1. The Labute approximate surface area is 131 Å². The molecule has 0 spiro atoms. The van der Waals surface area contributed by atoms with Crippen LogP contribution >= 0.6 is 0 Å². The summed E-state index contributed by atoms with van der Waals surface area (Å²) in [5, 5.41) is 3.20. The second-order valence-electron chi connectivity index (χ2n) is 5.33. The van der Waals surface area contributed by atoms with Gasteiger partial charge in [0.25, 0.3) is 0 Å². The van der Waals surface area contributed by atoms with E-state index in [2.05, 4.69) is 22.2 Å². The number of benzene rings is 1. The molecule has 1 aromatic carbocycles. The lowest BCUT2D eigenvalue weighted by atomic mass is 10.0. The van der Waals surface area contributed by atoms with E-state index in [1.807, 2.05) is 43.5 Å². The molecule has 0 unspecified atom stereocenters. The number of nitrogens with two attached hydrogens (primary N) is 1. The lowest BCUT2D eigenvalue weighted by Crippen LogP contribution is -2.38. The van der Waals surface area contributed by atoms with Gasteiger partial charge in [-0.05, 0) is 18.9 Å². The molecule has 1 amide bonds. The monoisotopic (exact) mass is 298 g/mol. The van der Waals surface area contributed by atoms with Crippen LogP contribution in [-0.2, 0) is 17.6 Å². The highest BCUT2D eigenvalue weighted by molar-refractivity contribution is 5.83. The van der Waals surface area contributed by atoms with Crippen LogP contribution in [0.25, 0.3) is 0 Å². The molecule has 22 heavy (non-hydrogen) atoms. The molecule has 116 valence electrons. The van der Waals surface area contributed by atoms with Gasteiger partial charge in [0.15, 0.2) is 0 Å². The Morgan fingerprint density at radius 1 is 1.32 bits per heavy atom. The lowest BCUT2D eigenvalue weighted by Gasteiger charge is -2.18. The van der Waals surface area contributed by atoms with E-state index < -0.39 is 6.04 Å². The third-order valence-electron chi connectivity index (χ3n) is 3.44. The van der Waals surface area contributed by atoms with Crippen LogP contribution in [0.2, 0.25) is 0 Å². The standard InChI is InChI=1S/C17H22N4O/c1-3-7-14-11-19-12(2)20-17(14)21-15(16(18)22)10-13-8-5-4-6-9-13/h4-6,8-9,11,15H,3,7,10H2,1-2H3,(H2,18,22)(H,19,20,21)/t15-/m0/s1. The third kappa shape index (κ3) is 4.28. The summed E-state index contributed by atoms with van der Waals surface area (Å²) in [5.74, 6) is 0.988. The van der Waals surface area contributed by atoms with Crippen molar-refractivity contribution in [2.75, 3.05) is 5.32 Å². The van der Waals surface area contributed by atoms with Crippen LogP contribution in [-0.4, -0.2) is 21.9 Å². The molecular weight excluding hydrogens is 276 g/mol. The van der Waals surface area contributed by atoms with Crippen LogP contribution in [0.3, 0.4) is 0 Å². The van der Waals surface area contributed by atoms with Crippen molar-refractivity contribution in [1.29, 1.82) is 0 Å². The second-order valence-corrected chi connectivity index (χ2v) is 5.33. The molecule has 1 heterocycles. The first-order valence-electron chi connectivity index (χ1n) is 7.52. The molecule has 5 heteroatoms. The van der Waals surface area contributed by atoms with Crippen LogP contribution in [0.15, 0.2) is 36.5 Å². The predicted molar refractivity (Wildman–Crippen MR) is 87.5 cm³/mol. The highest BCUT2D eigenvalue weighted by atomic mass is 16.1. The van der Waals surface area contributed by atoms with E-state index in [4.69, 9.17) is 5.73 Å². The van der Waals surface area contributed by atoms with E-state index in [0.717, 1.165) is 24.0 Å². The molecule has 0 saturated carbocycles. The molecule has 5 nitrogen and oxygen atoms in total. The summed E-state index contributed by atoms with van der Waals surface area (Å²) in [6.07, 6.45) is 4.19. The fraction of sp³-hybridized carbons (Fsp3) is 0.353. The number of amides is 1. The van der Waals surface area contributed by atoms with Gasteiger partial charge in [0, 0.05) is 18.2 Å². The van der Waals surface area contributed by atoms with Crippen LogP contribution in [0.4, 0.5) is 5.82 Å². The van der Waals surface area contributed by atoms with Crippen molar-refractivity contribution in [1.82, 2.24) is 9.97 Å². The molecule has 0 aliphatic heterocycles. The predicted octanol–water partition coefficient (Wildman–Crippen LogP) is 2.25. The first-order valence-corrected chi connectivity index (χ1v) is 7.52. The number of aromatic nitrogens is 2. The average molecular weight is 298 g/mol. The SMILES string of the molecule is CCCc1cnc(C)nc1N[C@@H](Cc1ccccc1)C(N)=O. The van der Waals surface area contributed by atoms with E-state index in [1.165, 1.54) is 0 Å². The molecule has 1 atom stereocenters. The maximum absolute atomic E-state index is 11.8. The Hall–Kier alpha value is -2.43. The Bertz CT molecular complexity index is 628. The first-order chi connectivity index (χ1) is 10.6. The Morgan fingerprint density at radius 3 is 2.68 bits per heavy atom. The van der Waals surface area contributed by atoms with Gasteiger partial charge in [0.05, 0.1) is 0 Å². The Morgan fingerprint density at radius 2 is 2.05 bits per heavy atom. The number of nitrogens with one attached hydrogen (secondary N) is 1. The molecule has 2 aromatic rings. The van der Waals surface area contributed by atoms with Crippen molar-refractivity contribution in [3.05, 3.63) is 53.5 Å². The number of carbonyl (C=O) groups is 1. The fourth-order valence-electron chi connectivity index (χ4n) is 2.31. The molecule has 2 rings (SSSR count). The van der Waals surface area contributed by atoms with Gasteiger partial charge in [-0.25, -0.2) is 9.97 Å². The largest absolute Gasteiger partial charge is 0.368 e. The van der Waals surface area contributed by atoms with Gasteiger partial charge >= 0.3 is 0 Å². The molecule has 0 bridgehead atoms. The summed E-state index contributed by atoms with van der Waals surface area (Å²) in [5.41, 5.74) is 7.61. The van der Waals surface area contributed by atoms with Crippen molar-refractivity contribution in [2.45, 2.75) is 39.2 Å². The smallest absolute Gasteiger partial charge is 0.240 e. The van der Waals surface area contributed by atoms with Gasteiger partial charge in [-0.3, -0.25) is 4.79 Å². The summed E-state index contributed by atoms with van der Waals surface area (Å²) in [7, 11) is 0. The number of rotatable bonds is 7. The Balaban J connectivity index is 2.21. The fourth-order valence-corrected chi connectivity index (χ4v) is 2.31. The van der Waals surface area contributed by atoms with Crippen molar-refractivity contribution < 1.29 is 4.79 Å². The zero-order valence-electron chi connectivity index (χ0n) is 13.0. The van der Waals surface area contributed by atoms with Gasteiger partial charge in [-0.15, -0.1) is 0 Å². The minimum atomic E-state index is -0.493. The van der Waals surface area contributed by atoms with E-state index >= 15 is 0 Å². The highest BCUT2D eigenvalue weighted by Gasteiger charge is 2.18. The van der Waals surface area contributed by atoms with Gasteiger partial charge < -0.3 is 11.1 Å². The molecular formula is C17H22N4O. The first kappa shape index (κ1) is 15.9. The second kappa shape index (κ2) is 7.54. The number of primary amides is 1. The molecule has 0 radical (unpaired) electrons. The number of carbonyl (C=O) groups excluding carboxylic acids is 1. The molecule has 0 aliphatic carbocycles. The summed E-state index contributed by atoms with van der Waals surface area (Å²) in [4.78, 5) is 20.4. The van der Waals surface area contributed by atoms with E-state index in [-0.39, 0.29) is 5.91 Å². The van der Waals surface area contributed by atoms with Crippen LogP contribution in [0.5, 0.6) is 0 Å². The summed E-state index contributed by atoms with van der Waals surface area (Å²) in [6, 6.07) is 9.32. The number of hydrogen-bond acceptors (Lipinski definition) is 4. The minimum Gasteiger partial charge on any atom is -0.368 e. The lowest BCUT2D eigenvalue weighted by molar-refractivity contribution is -0.118. The summed E-state index contributed by atoms with van der Waals surface area (Å²) >= 11 is 0. The maximum Gasteiger partial charge on any atom is 0.240 e. The van der Waals surface area contributed by atoms with Gasteiger partial charge in [0.1, 0.15) is 17.7 Å². The summed E-state index contributed by atoms with van der Waals surface area (Å²) in [6.45, 7) is 3.93. The average Bonchev–Trinajstić information content (AvgIpc) is 2.50. The van der Waals surface area contributed by atoms with Gasteiger partial charge in [0.2, 0.25) is 5.91 Å². The minimum absolute atomic E-state index is 0.387. The van der Waals surface area contributed by atoms with E-state index in [9.17, 15) is 4.79 Å². The van der Waals surface area contributed by atoms with Crippen molar-refractivity contribution >= 4 is 11.7 Å². The maximum atomic E-state index is 11.8. The molecule has 0 fully saturated rings. The Kier molecular flexibility index (Phi) is 5.47. The van der Waals surface area contributed by atoms with Crippen molar-refractivity contribution in [3.63, 3.8) is 0 Å². The highest BCUT2D eigenvalue weighted by Crippen LogP contribution is 2.16. The van der Waals surface area contributed by atoms with Gasteiger partial charge in [-0.1, -0.05) is 43.7 Å². The summed E-state index contributed by atoms with van der Waals surface area (Å²) < 4.78 is 0. The topological polar surface area (TPSA) is 80.9 Å². The molecule has 0 aliphatic rings. The van der Waals surface area contributed by atoms with Crippen LogP contribution in [0, 0.1) is 6.92 Å². The number of aryl methyl sites for hydroxylation is 2. The van der Waals surface area contributed by atoms with E-state index in [1.54, 1.807) is 0 Å². The molecule has 3 N–H and O–H groups in total. The van der Waals surface area contributed by atoms with E-state index in [0.29, 0.717) is 18.1 Å². The molecule has 1 aromatic heterocycles. The zero-order valence-corrected chi connectivity index (χ0v) is 13.0. The number of hydrogen-bond donors (Lipinski definition) is 2. The van der Waals surface area contributed by atoms with Gasteiger partial charge in [-0.2, -0.15) is 0 Å².